The molecule has 5 heteroatoms. The van der Waals surface area contributed by atoms with Gasteiger partial charge in [0, 0.05) is 18.0 Å². The minimum Gasteiger partial charge on any atom is -0.496 e. The summed E-state index contributed by atoms with van der Waals surface area (Å²) in [6.07, 6.45) is 2.79. The van der Waals surface area contributed by atoms with Crippen molar-refractivity contribution in [3.8, 4) is 5.75 Å². The molecule has 1 N–H and O–H groups in total. The van der Waals surface area contributed by atoms with Crippen LogP contribution in [0.3, 0.4) is 0 Å². The van der Waals surface area contributed by atoms with Gasteiger partial charge in [-0.1, -0.05) is 24.3 Å². The maximum atomic E-state index is 12.3. The van der Waals surface area contributed by atoms with E-state index in [9.17, 15) is 4.79 Å². The Kier molecular flexibility index (Phi) is 5.11. The highest BCUT2D eigenvalue weighted by atomic mass is 79.9. The third-order valence-electron chi connectivity index (χ3n) is 3.76. The number of pyridine rings is 1. The Morgan fingerprint density at radius 1 is 1.21 bits per heavy atom. The highest BCUT2D eigenvalue weighted by molar-refractivity contribution is 9.10. The van der Waals surface area contributed by atoms with E-state index in [1.807, 2.05) is 48.5 Å². The summed E-state index contributed by atoms with van der Waals surface area (Å²) in [6, 6.07) is 15.5. The van der Waals surface area contributed by atoms with Gasteiger partial charge in [0.15, 0.2) is 0 Å². The molecule has 0 unspecified atom stereocenters. The number of hydrogen-bond donors (Lipinski definition) is 1. The maximum absolute atomic E-state index is 12.3. The summed E-state index contributed by atoms with van der Waals surface area (Å²) in [7, 11) is 1.63. The Morgan fingerprint density at radius 3 is 2.83 bits per heavy atom. The van der Waals surface area contributed by atoms with Crippen molar-refractivity contribution in [2.75, 3.05) is 12.4 Å². The SMILES string of the molecule is COc1ccc(CCC(=O)Nc2cccc3cccnc23)cc1Br. The summed E-state index contributed by atoms with van der Waals surface area (Å²) in [5.74, 6) is 0.755. The van der Waals surface area contributed by atoms with Crippen LogP contribution in [-0.4, -0.2) is 18.0 Å². The molecule has 0 aliphatic carbocycles. The zero-order valence-electron chi connectivity index (χ0n) is 13.3. The van der Waals surface area contributed by atoms with E-state index in [0.717, 1.165) is 32.4 Å². The van der Waals surface area contributed by atoms with Crippen LogP contribution in [0.2, 0.25) is 0 Å². The van der Waals surface area contributed by atoms with Crippen molar-refractivity contribution in [3.05, 3.63) is 64.8 Å². The van der Waals surface area contributed by atoms with Gasteiger partial charge >= 0.3 is 0 Å². The van der Waals surface area contributed by atoms with Crippen molar-refractivity contribution < 1.29 is 9.53 Å². The van der Waals surface area contributed by atoms with Gasteiger partial charge in [0.05, 0.1) is 22.8 Å². The van der Waals surface area contributed by atoms with Crippen molar-refractivity contribution in [1.82, 2.24) is 4.98 Å². The molecular weight excluding hydrogens is 368 g/mol. The Labute approximate surface area is 149 Å². The third kappa shape index (κ3) is 3.74. The van der Waals surface area contributed by atoms with Crippen LogP contribution in [-0.2, 0) is 11.2 Å². The number of nitrogens with one attached hydrogen (secondary N) is 1. The van der Waals surface area contributed by atoms with Crippen LogP contribution >= 0.6 is 15.9 Å². The number of aromatic nitrogens is 1. The molecule has 0 bridgehead atoms. The molecule has 0 fully saturated rings. The molecule has 122 valence electrons. The maximum Gasteiger partial charge on any atom is 0.224 e. The lowest BCUT2D eigenvalue weighted by molar-refractivity contribution is -0.116. The molecule has 1 amide bonds. The van der Waals surface area contributed by atoms with Crippen LogP contribution in [0.1, 0.15) is 12.0 Å². The number of halogens is 1. The van der Waals surface area contributed by atoms with Crippen molar-refractivity contribution in [3.63, 3.8) is 0 Å². The van der Waals surface area contributed by atoms with Gasteiger partial charge in [0.25, 0.3) is 0 Å². The number of ether oxygens (including phenoxy) is 1. The molecule has 3 rings (SSSR count). The molecule has 0 aliphatic heterocycles. The lowest BCUT2D eigenvalue weighted by Crippen LogP contribution is -2.12. The summed E-state index contributed by atoms with van der Waals surface area (Å²) < 4.78 is 6.10. The molecular formula is C19H17BrN2O2. The van der Waals surface area contributed by atoms with E-state index in [1.165, 1.54) is 0 Å². The van der Waals surface area contributed by atoms with Crippen molar-refractivity contribution in [2.45, 2.75) is 12.8 Å². The Hall–Kier alpha value is -2.40. The monoisotopic (exact) mass is 384 g/mol. The van der Waals surface area contributed by atoms with E-state index in [4.69, 9.17) is 4.74 Å². The fraction of sp³-hybridized carbons (Fsp3) is 0.158. The van der Waals surface area contributed by atoms with Crippen LogP contribution in [0, 0.1) is 0 Å². The fourth-order valence-corrected chi connectivity index (χ4v) is 3.13. The number of methoxy groups -OCH3 is 1. The van der Waals surface area contributed by atoms with Crippen LogP contribution in [0.15, 0.2) is 59.2 Å². The number of amides is 1. The van der Waals surface area contributed by atoms with E-state index in [0.29, 0.717) is 12.8 Å². The van der Waals surface area contributed by atoms with Crippen molar-refractivity contribution in [2.24, 2.45) is 0 Å². The second-order valence-corrected chi connectivity index (χ2v) is 6.25. The van der Waals surface area contributed by atoms with Crippen LogP contribution in [0.25, 0.3) is 10.9 Å². The first-order chi connectivity index (χ1) is 11.7. The van der Waals surface area contributed by atoms with Gasteiger partial charge in [0.2, 0.25) is 5.91 Å². The normalized spacial score (nSPS) is 10.6. The number of fused-ring (bicyclic) bond motifs is 1. The van der Waals surface area contributed by atoms with Crippen LogP contribution in [0.5, 0.6) is 5.75 Å². The molecule has 4 nitrogen and oxygen atoms in total. The van der Waals surface area contributed by atoms with Gasteiger partial charge in [-0.05, 0) is 52.2 Å². The van der Waals surface area contributed by atoms with Gasteiger partial charge in [-0.3, -0.25) is 9.78 Å². The number of carbonyl (C=O) groups is 1. The highest BCUT2D eigenvalue weighted by Gasteiger charge is 2.08. The predicted octanol–water partition coefficient (Wildman–Crippen LogP) is 4.58. The first-order valence-electron chi connectivity index (χ1n) is 7.63. The number of aryl methyl sites for hydroxylation is 1. The largest absolute Gasteiger partial charge is 0.496 e. The number of benzene rings is 2. The molecule has 2 aromatic carbocycles. The number of nitrogens with zero attached hydrogens (tertiary/aromatic N) is 1. The average molecular weight is 385 g/mol. The van der Waals surface area contributed by atoms with Gasteiger partial charge in [-0.15, -0.1) is 0 Å². The number of hydrogen-bond acceptors (Lipinski definition) is 3. The summed E-state index contributed by atoms with van der Waals surface area (Å²) in [5.41, 5.74) is 2.63. The van der Waals surface area contributed by atoms with Crippen LogP contribution < -0.4 is 10.1 Å². The molecule has 0 atom stereocenters. The van der Waals surface area contributed by atoms with E-state index < -0.39 is 0 Å². The van der Waals surface area contributed by atoms with E-state index in [-0.39, 0.29) is 5.91 Å². The Bertz CT molecular complexity index is 875. The molecule has 0 spiro atoms. The predicted molar refractivity (Wildman–Crippen MR) is 99.4 cm³/mol. The Morgan fingerprint density at radius 2 is 2.04 bits per heavy atom. The number of anilines is 1. The van der Waals surface area contributed by atoms with E-state index in [2.05, 4.69) is 26.2 Å². The number of para-hydroxylation sites is 1. The minimum absolute atomic E-state index is 0.0277. The lowest BCUT2D eigenvalue weighted by atomic mass is 10.1. The number of carbonyl (C=O) groups excluding carboxylic acids is 1. The van der Waals surface area contributed by atoms with Gasteiger partial charge in [0.1, 0.15) is 5.75 Å². The second kappa shape index (κ2) is 7.45. The first-order valence-corrected chi connectivity index (χ1v) is 8.42. The average Bonchev–Trinajstić information content (AvgIpc) is 2.60. The quantitative estimate of drug-likeness (QED) is 0.700. The highest BCUT2D eigenvalue weighted by Crippen LogP contribution is 2.26. The summed E-state index contributed by atoms with van der Waals surface area (Å²) in [4.78, 5) is 16.6. The second-order valence-electron chi connectivity index (χ2n) is 5.40. The van der Waals surface area contributed by atoms with E-state index in [1.54, 1.807) is 13.3 Å². The zero-order valence-corrected chi connectivity index (χ0v) is 14.8. The number of rotatable bonds is 5. The summed E-state index contributed by atoms with van der Waals surface area (Å²) >= 11 is 3.46. The molecule has 0 saturated carbocycles. The molecule has 0 saturated heterocycles. The summed E-state index contributed by atoms with van der Waals surface area (Å²) in [6.45, 7) is 0. The minimum atomic E-state index is -0.0277. The molecule has 0 radical (unpaired) electrons. The topological polar surface area (TPSA) is 51.2 Å². The third-order valence-corrected chi connectivity index (χ3v) is 4.38. The molecule has 1 heterocycles. The van der Waals surface area contributed by atoms with Crippen LogP contribution in [0.4, 0.5) is 5.69 Å². The van der Waals surface area contributed by atoms with Gasteiger partial charge in [-0.25, -0.2) is 0 Å². The molecule has 24 heavy (non-hydrogen) atoms. The standard InChI is InChI=1S/C19H17BrN2O2/c1-24-17-9-7-13(12-15(17)20)8-10-18(23)22-16-6-2-4-14-5-3-11-21-19(14)16/h2-7,9,11-12H,8,10H2,1H3,(H,22,23). The summed E-state index contributed by atoms with van der Waals surface area (Å²) in [5, 5.41) is 3.96. The van der Waals surface area contributed by atoms with E-state index >= 15 is 0 Å². The van der Waals surface area contributed by atoms with Crippen molar-refractivity contribution in [1.29, 1.82) is 0 Å². The first kappa shape index (κ1) is 16.5. The smallest absolute Gasteiger partial charge is 0.224 e. The molecule has 3 aromatic rings. The lowest BCUT2D eigenvalue weighted by Gasteiger charge is -2.09. The van der Waals surface area contributed by atoms with Gasteiger partial charge < -0.3 is 10.1 Å². The fourth-order valence-electron chi connectivity index (χ4n) is 2.54. The molecule has 1 aromatic heterocycles. The Balaban J connectivity index is 1.66. The zero-order chi connectivity index (χ0) is 16.9. The van der Waals surface area contributed by atoms with Gasteiger partial charge in [-0.2, -0.15) is 0 Å². The molecule has 0 aliphatic rings. The van der Waals surface area contributed by atoms with Crippen molar-refractivity contribution >= 4 is 38.4 Å².